The third kappa shape index (κ3) is 16.3. The molecule has 452 valence electrons. The lowest BCUT2D eigenvalue weighted by molar-refractivity contribution is -0.164. The number of rotatable bonds is 18. The molecule has 3 fully saturated rings. The summed E-state index contributed by atoms with van der Waals surface area (Å²) in [5.74, 6) is -0.290. The summed E-state index contributed by atoms with van der Waals surface area (Å²) in [6.45, 7) is 47.5. The minimum atomic E-state index is -0.607. The molecule has 2 heterocycles. The normalized spacial score (nSPS) is 26.3. The van der Waals surface area contributed by atoms with Gasteiger partial charge in [0.05, 0.1) is 16.4 Å². The van der Waals surface area contributed by atoms with Crippen LogP contribution >= 0.6 is 11.8 Å². The monoisotopic (exact) mass is 1130 g/mol. The van der Waals surface area contributed by atoms with E-state index in [0.29, 0.717) is 70.8 Å². The molecule has 5 rings (SSSR count). The molecule has 7 atom stereocenters. The summed E-state index contributed by atoms with van der Waals surface area (Å²) in [6.07, 6.45) is 11.4. The number of aromatic nitrogens is 1. The zero-order chi connectivity index (χ0) is 60.2. The van der Waals surface area contributed by atoms with Crippen molar-refractivity contribution in [2.45, 2.75) is 253 Å². The fourth-order valence-electron chi connectivity index (χ4n) is 13.1. The highest BCUT2D eigenvalue weighted by Crippen LogP contribution is 2.52. The van der Waals surface area contributed by atoms with E-state index in [1.165, 1.54) is 11.8 Å². The molecule has 80 heavy (non-hydrogen) atoms. The summed E-state index contributed by atoms with van der Waals surface area (Å²) < 4.78 is 19.6. The quantitative estimate of drug-likeness (QED) is 0.0737. The molecule has 2 amide bonds. The van der Waals surface area contributed by atoms with Gasteiger partial charge >= 0.3 is 17.9 Å². The number of carbonyl (C=O) groups excluding carboxylic acids is 5. The highest BCUT2D eigenvalue weighted by atomic mass is 32.2. The van der Waals surface area contributed by atoms with Gasteiger partial charge in [0.1, 0.15) is 41.6 Å². The first-order valence-corrected chi connectivity index (χ1v) is 32.1. The van der Waals surface area contributed by atoms with Gasteiger partial charge in [0.2, 0.25) is 11.8 Å². The van der Waals surface area contributed by atoms with E-state index >= 15 is 9.59 Å². The van der Waals surface area contributed by atoms with Crippen molar-refractivity contribution in [3.63, 3.8) is 0 Å². The number of hydrogen-bond donors (Lipinski definition) is 3. The van der Waals surface area contributed by atoms with Crippen LogP contribution in [0.1, 0.15) is 257 Å². The smallest absolute Gasteiger partial charge is 0.342 e. The van der Waals surface area contributed by atoms with Crippen molar-refractivity contribution in [1.82, 2.24) is 10.3 Å². The van der Waals surface area contributed by atoms with Gasteiger partial charge in [-0.2, -0.15) is 0 Å². The maximum Gasteiger partial charge on any atom is 0.342 e. The van der Waals surface area contributed by atoms with Crippen molar-refractivity contribution in [1.29, 1.82) is 0 Å². The fraction of sp³-hybridized carbons (Fsp3) is 0.791. The van der Waals surface area contributed by atoms with Gasteiger partial charge in [0, 0.05) is 41.0 Å². The van der Waals surface area contributed by atoms with Crippen molar-refractivity contribution in [2.24, 2.45) is 79.4 Å². The van der Waals surface area contributed by atoms with Gasteiger partial charge in [-0.25, -0.2) is 14.6 Å². The lowest BCUT2D eigenvalue weighted by Gasteiger charge is -2.50. The van der Waals surface area contributed by atoms with Gasteiger partial charge in [-0.3, -0.25) is 14.4 Å². The molecule has 0 spiro atoms. The highest BCUT2D eigenvalue weighted by Gasteiger charge is 2.51. The second-order valence-corrected chi connectivity index (χ2v) is 31.5. The number of thioether (sulfide) groups is 1. The van der Waals surface area contributed by atoms with Gasteiger partial charge in [-0.05, 0) is 141 Å². The number of aliphatic imine (C=N–C) groups is 1. The van der Waals surface area contributed by atoms with Crippen LogP contribution in [0, 0.1) is 74.4 Å². The molecule has 12 nitrogen and oxygen atoms in total. The number of amidine groups is 1. The average molecular weight is 1130 g/mol. The van der Waals surface area contributed by atoms with Crippen LogP contribution in [0.5, 0.6) is 0 Å². The van der Waals surface area contributed by atoms with Gasteiger partial charge in [0.15, 0.2) is 0 Å². The van der Waals surface area contributed by atoms with Gasteiger partial charge in [-0.15, -0.1) is 11.8 Å². The van der Waals surface area contributed by atoms with Gasteiger partial charge in [-0.1, -0.05) is 151 Å². The van der Waals surface area contributed by atoms with Gasteiger partial charge in [0.25, 0.3) is 0 Å². The number of esters is 3. The fourth-order valence-corrected chi connectivity index (χ4v) is 13.8. The second-order valence-electron chi connectivity index (χ2n) is 30.1. The van der Waals surface area contributed by atoms with E-state index in [0.717, 1.165) is 57.8 Å². The van der Waals surface area contributed by atoms with Crippen molar-refractivity contribution in [2.75, 3.05) is 17.7 Å². The largest absolute Gasteiger partial charge is 0.464 e. The van der Waals surface area contributed by atoms with Crippen LogP contribution in [-0.4, -0.2) is 70.4 Å². The summed E-state index contributed by atoms with van der Waals surface area (Å²) in [5, 5.41) is 5.77. The first-order chi connectivity index (χ1) is 37.0. The minimum Gasteiger partial charge on any atom is -0.464 e. The zero-order valence-electron chi connectivity index (χ0n) is 54.0. The molecule has 0 aromatic carbocycles. The Hall–Kier alpha value is -3.87. The molecule has 0 radical (unpaired) electrons. The Labute approximate surface area is 488 Å². The molecule has 3 N–H and O–H groups in total. The standard InChI is InChI=1S/C67H110N4O8S/c1-23-40(6)50-48(68-56(70-58(72)42(8)80-32-31-77-62(76)67(21,22)25-3)52(50)60(74)78-54-44(63(9,10)11)33-38(4)34-45(54)64(12,13)14)37-49-51(41(7)24-2)53(57(69-49)71-59(73)43-29-27-26-28-30-43)61(75)79-55-46(65(15,16)17)35-39(5)36-47(55)66(18,19)20/h37-47,54-55,69H,23-36H2,1-22H3,(H,71,73)(H,68,70,72)/b48-37-. The summed E-state index contributed by atoms with van der Waals surface area (Å²) in [7, 11) is 0. The Balaban J connectivity index is 1.74. The number of nitrogens with one attached hydrogen (secondary N) is 3. The van der Waals surface area contributed by atoms with E-state index in [4.69, 9.17) is 19.2 Å². The molecular weight excluding hydrogens is 1020 g/mol. The summed E-state index contributed by atoms with van der Waals surface area (Å²) >= 11 is 1.36. The molecule has 0 bridgehead atoms. The molecule has 13 heteroatoms. The SMILES string of the molecule is CCC(C)C1=C(C(=O)OC2C(C(C)(C)C)CC(C)CC2C(C)(C)C)C(NC(=O)C(C)SCCOC(=O)C(C)(C)CC)=N/C1=C\c1[nH]c(NC(=O)C2CCCCC2)c(C(=O)OC2C(C(C)(C)C)CC(C)CC2C(C)(C)C)c1C(C)CC. The molecule has 1 aromatic heterocycles. The molecule has 3 aliphatic carbocycles. The number of amides is 2. The molecule has 1 aromatic rings. The van der Waals surface area contributed by atoms with Crippen LogP contribution < -0.4 is 10.6 Å². The van der Waals surface area contributed by atoms with E-state index in [1.807, 2.05) is 26.8 Å². The topological polar surface area (TPSA) is 165 Å². The Kier molecular flexibility index (Phi) is 22.4. The third-order valence-electron chi connectivity index (χ3n) is 19.1. The number of hydrogen-bond acceptors (Lipinski definition) is 10. The lowest BCUT2D eigenvalue weighted by Crippen LogP contribution is -2.50. The number of carbonyl (C=O) groups is 5. The van der Waals surface area contributed by atoms with E-state index < -0.39 is 28.7 Å². The number of ether oxygens (including phenoxy) is 3. The first-order valence-electron chi connectivity index (χ1n) is 31.1. The van der Waals surface area contributed by atoms with E-state index in [9.17, 15) is 14.4 Å². The predicted molar refractivity (Wildman–Crippen MR) is 329 cm³/mol. The number of anilines is 1. The van der Waals surface area contributed by atoms with E-state index in [2.05, 4.69) is 140 Å². The Morgan fingerprint density at radius 2 is 1.15 bits per heavy atom. The highest BCUT2D eigenvalue weighted by molar-refractivity contribution is 8.00. The Bertz CT molecular complexity index is 2400. The van der Waals surface area contributed by atoms with E-state index in [1.54, 1.807) is 6.92 Å². The average Bonchev–Trinajstić information content (AvgIpc) is 3.91. The molecule has 0 saturated heterocycles. The van der Waals surface area contributed by atoms with Crippen LogP contribution in [0.3, 0.4) is 0 Å². The number of H-pyrrole nitrogens is 1. The molecular formula is C67H110N4O8S. The Morgan fingerprint density at radius 1 is 0.675 bits per heavy atom. The third-order valence-corrected chi connectivity index (χ3v) is 20.2. The summed E-state index contributed by atoms with van der Waals surface area (Å²) in [5.41, 5.74) is 1.69. The second kappa shape index (κ2) is 26.8. The molecule has 7 unspecified atom stereocenters. The predicted octanol–water partition coefficient (Wildman–Crippen LogP) is 16.3. The minimum absolute atomic E-state index is 0.0682. The Morgan fingerprint density at radius 3 is 1.60 bits per heavy atom. The summed E-state index contributed by atoms with van der Waals surface area (Å²) in [4.78, 5) is 81.8. The van der Waals surface area contributed by atoms with Crippen molar-refractivity contribution in [3.05, 3.63) is 33.7 Å². The number of aromatic amines is 1. The lowest BCUT2D eigenvalue weighted by atomic mass is 9.59. The van der Waals surface area contributed by atoms with Crippen LogP contribution in [0.2, 0.25) is 0 Å². The molecule has 1 aliphatic heterocycles. The molecule has 3 saturated carbocycles. The zero-order valence-corrected chi connectivity index (χ0v) is 54.8. The van der Waals surface area contributed by atoms with Crippen LogP contribution in [0.4, 0.5) is 5.82 Å². The maximum absolute atomic E-state index is 15.6. The number of allylic oxidation sites excluding steroid dienone is 1. The summed E-state index contributed by atoms with van der Waals surface area (Å²) in [6, 6.07) is 0. The first kappa shape index (κ1) is 66.9. The van der Waals surface area contributed by atoms with Crippen LogP contribution in [-0.2, 0) is 33.4 Å². The van der Waals surface area contributed by atoms with Crippen molar-refractivity contribution >= 4 is 59.2 Å². The van der Waals surface area contributed by atoms with Crippen molar-refractivity contribution in [3.8, 4) is 0 Å². The van der Waals surface area contributed by atoms with Crippen LogP contribution in [0.15, 0.2) is 21.8 Å². The van der Waals surface area contributed by atoms with E-state index in [-0.39, 0.29) is 105 Å². The van der Waals surface area contributed by atoms with Gasteiger partial charge < -0.3 is 29.8 Å². The maximum atomic E-state index is 15.6. The molecule has 4 aliphatic rings. The number of nitrogens with zero attached hydrogens (tertiary/aromatic N) is 1. The van der Waals surface area contributed by atoms with Crippen molar-refractivity contribution < 1.29 is 38.2 Å². The van der Waals surface area contributed by atoms with Crippen LogP contribution in [0.25, 0.3) is 6.08 Å².